The lowest BCUT2D eigenvalue weighted by Gasteiger charge is -2.29. The number of allylic oxidation sites excluding steroid dienone is 2. The van der Waals surface area contributed by atoms with Crippen molar-refractivity contribution < 1.29 is 4.74 Å². The first-order chi connectivity index (χ1) is 6.81. The highest BCUT2D eigenvalue weighted by Gasteiger charge is 2.34. The van der Waals surface area contributed by atoms with Crippen LogP contribution in [0.4, 0.5) is 0 Å². The normalized spacial score (nSPS) is 31.6. The van der Waals surface area contributed by atoms with E-state index >= 15 is 0 Å². The van der Waals surface area contributed by atoms with Crippen LogP contribution in [0.1, 0.15) is 51.9 Å². The zero-order valence-electron chi connectivity index (χ0n) is 8.89. The molecule has 1 aliphatic heterocycles. The van der Waals surface area contributed by atoms with Gasteiger partial charge in [-0.05, 0) is 32.1 Å². The number of rotatable bonds is 3. The Kier molecular flexibility index (Phi) is 3.38. The van der Waals surface area contributed by atoms with Crippen LogP contribution in [0, 0.1) is 5.92 Å². The van der Waals surface area contributed by atoms with Crippen LogP contribution in [0.25, 0.3) is 0 Å². The Balaban J connectivity index is 1.98. The summed E-state index contributed by atoms with van der Waals surface area (Å²) in [7, 11) is 0. The van der Waals surface area contributed by atoms with Crippen molar-refractivity contribution in [3.05, 3.63) is 10.8 Å². The molecule has 0 aromatic heterocycles. The fourth-order valence-electron chi connectivity index (χ4n) is 2.51. The third-order valence-corrected chi connectivity index (χ3v) is 3.75. The third-order valence-electron chi connectivity index (χ3n) is 3.38. The van der Waals surface area contributed by atoms with E-state index < -0.39 is 0 Å². The van der Waals surface area contributed by atoms with E-state index in [4.69, 9.17) is 16.3 Å². The van der Waals surface area contributed by atoms with Gasteiger partial charge in [-0.1, -0.05) is 24.9 Å². The highest BCUT2D eigenvalue weighted by atomic mass is 35.5. The van der Waals surface area contributed by atoms with E-state index in [1.165, 1.54) is 32.1 Å². The molecule has 1 aliphatic carbocycles. The monoisotopic (exact) mass is 214 g/mol. The second kappa shape index (κ2) is 4.57. The SMILES string of the molecule is CCCCC1=C(Cl)C[C@H]2CCC[C@@H]2O1. The van der Waals surface area contributed by atoms with Crippen LogP contribution in [0.5, 0.6) is 0 Å². The quantitative estimate of drug-likeness (QED) is 0.684. The van der Waals surface area contributed by atoms with Gasteiger partial charge in [0.05, 0.1) is 5.03 Å². The van der Waals surface area contributed by atoms with Crippen molar-refractivity contribution in [2.45, 2.75) is 58.0 Å². The van der Waals surface area contributed by atoms with Crippen LogP contribution < -0.4 is 0 Å². The van der Waals surface area contributed by atoms with Crippen molar-refractivity contribution in [1.29, 1.82) is 0 Å². The number of fused-ring (bicyclic) bond motifs is 1. The summed E-state index contributed by atoms with van der Waals surface area (Å²) in [5.74, 6) is 1.81. The molecule has 1 heterocycles. The van der Waals surface area contributed by atoms with Gasteiger partial charge in [0, 0.05) is 12.3 Å². The smallest absolute Gasteiger partial charge is 0.111 e. The molecule has 1 nitrogen and oxygen atoms in total. The lowest BCUT2D eigenvalue weighted by atomic mass is 9.97. The van der Waals surface area contributed by atoms with Crippen LogP contribution in [0.3, 0.4) is 0 Å². The van der Waals surface area contributed by atoms with Gasteiger partial charge in [0.2, 0.25) is 0 Å². The molecule has 0 N–H and O–H groups in total. The van der Waals surface area contributed by atoms with Crippen molar-refractivity contribution in [3.8, 4) is 0 Å². The molecular formula is C12H19ClO. The molecule has 14 heavy (non-hydrogen) atoms. The molecule has 0 bridgehead atoms. The number of hydrogen-bond donors (Lipinski definition) is 0. The van der Waals surface area contributed by atoms with E-state index in [0.29, 0.717) is 12.0 Å². The minimum Gasteiger partial charge on any atom is -0.493 e. The molecule has 1 saturated carbocycles. The summed E-state index contributed by atoms with van der Waals surface area (Å²) in [6, 6.07) is 0. The number of hydrogen-bond acceptors (Lipinski definition) is 1. The summed E-state index contributed by atoms with van der Waals surface area (Å²) in [4.78, 5) is 0. The fraction of sp³-hybridized carbons (Fsp3) is 0.833. The van der Waals surface area contributed by atoms with Gasteiger partial charge >= 0.3 is 0 Å². The fourth-order valence-corrected chi connectivity index (χ4v) is 2.85. The number of ether oxygens (including phenoxy) is 1. The second-order valence-corrected chi connectivity index (χ2v) is 4.94. The standard InChI is InChI=1S/C12H19ClO/c1-2-3-6-12-10(13)8-9-5-4-7-11(9)14-12/h9,11H,2-8H2,1H3/t9-,11+/m1/s1. The minimum absolute atomic E-state index is 0.490. The van der Waals surface area contributed by atoms with Crippen molar-refractivity contribution in [2.24, 2.45) is 5.92 Å². The van der Waals surface area contributed by atoms with Crippen LogP contribution in [-0.4, -0.2) is 6.10 Å². The Bertz CT molecular complexity index is 234. The van der Waals surface area contributed by atoms with Gasteiger partial charge in [-0.25, -0.2) is 0 Å². The van der Waals surface area contributed by atoms with Crippen LogP contribution >= 0.6 is 11.6 Å². The molecular weight excluding hydrogens is 196 g/mol. The zero-order valence-corrected chi connectivity index (χ0v) is 9.65. The maximum Gasteiger partial charge on any atom is 0.111 e. The van der Waals surface area contributed by atoms with Crippen molar-refractivity contribution >= 4 is 11.6 Å². The predicted octanol–water partition coefficient (Wildman–Crippen LogP) is 4.22. The van der Waals surface area contributed by atoms with Gasteiger partial charge in [-0.15, -0.1) is 0 Å². The van der Waals surface area contributed by atoms with Gasteiger partial charge in [0.1, 0.15) is 11.9 Å². The van der Waals surface area contributed by atoms with E-state index in [2.05, 4.69) is 6.92 Å². The Labute approximate surface area is 91.5 Å². The van der Waals surface area contributed by atoms with Gasteiger partial charge in [0.25, 0.3) is 0 Å². The number of unbranched alkanes of at least 4 members (excludes halogenated alkanes) is 1. The van der Waals surface area contributed by atoms with E-state index in [-0.39, 0.29) is 0 Å². The average Bonchev–Trinajstić information content (AvgIpc) is 2.61. The molecule has 0 unspecified atom stereocenters. The maximum atomic E-state index is 6.24. The molecule has 0 amide bonds. The van der Waals surface area contributed by atoms with Crippen molar-refractivity contribution in [3.63, 3.8) is 0 Å². The average molecular weight is 215 g/mol. The predicted molar refractivity (Wildman–Crippen MR) is 59.2 cm³/mol. The summed E-state index contributed by atoms with van der Waals surface area (Å²) in [5, 5.41) is 1.00. The lowest BCUT2D eigenvalue weighted by Crippen LogP contribution is -2.23. The molecule has 0 spiro atoms. The molecule has 80 valence electrons. The van der Waals surface area contributed by atoms with Crippen molar-refractivity contribution in [1.82, 2.24) is 0 Å². The third kappa shape index (κ3) is 2.08. The zero-order chi connectivity index (χ0) is 9.97. The van der Waals surface area contributed by atoms with E-state index in [1.54, 1.807) is 0 Å². The second-order valence-electron chi connectivity index (χ2n) is 4.48. The molecule has 2 rings (SSSR count). The van der Waals surface area contributed by atoms with Gasteiger partial charge in [-0.2, -0.15) is 0 Å². The Morgan fingerprint density at radius 1 is 1.43 bits per heavy atom. The summed E-state index contributed by atoms with van der Waals surface area (Å²) in [6.07, 6.45) is 8.88. The maximum absolute atomic E-state index is 6.24. The van der Waals surface area contributed by atoms with Gasteiger partial charge < -0.3 is 4.74 Å². The van der Waals surface area contributed by atoms with Crippen LogP contribution in [0.15, 0.2) is 10.8 Å². The molecule has 2 heteroatoms. The van der Waals surface area contributed by atoms with Crippen LogP contribution in [0.2, 0.25) is 0 Å². The highest BCUT2D eigenvalue weighted by molar-refractivity contribution is 6.29. The lowest BCUT2D eigenvalue weighted by molar-refractivity contribution is 0.0603. The number of halogens is 1. The molecule has 0 radical (unpaired) electrons. The summed E-state index contributed by atoms with van der Waals surface area (Å²) < 4.78 is 5.97. The first kappa shape index (κ1) is 10.4. The molecule has 0 saturated heterocycles. The summed E-state index contributed by atoms with van der Waals surface area (Å²) in [6.45, 7) is 2.20. The minimum atomic E-state index is 0.490. The van der Waals surface area contributed by atoms with Gasteiger partial charge in [0.15, 0.2) is 0 Å². The highest BCUT2D eigenvalue weighted by Crippen LogP contribution is 2.41. The Hall–Kier alpha value is -0.170. The molecule has 2 atom stereocenters. The van der Waals surface area contributed by atoms with Crippen molar-refractivity contribution in [2.75, 3.05) is 0 Å². The Morgan fingerprint density at radius 2 is 2.29 bits per heavy atom. The largest absolute Gasteiger partial charge is 0.493 e. The molecule has 1 fully saturated rings. The topological polar surface area (TPSA) is 9.23 Å². The molecule has 0 aromatic rings. The molecule has 0 aromatic carbocycles. The molecule has 2 aliphatic rings. The summed E-state index contributed by atoms with van der Waals surface area (Å²) in [5.41, 5.74) is 0. The van der Waals surface area contributed by atoms with E-state index in [1.807, 2.05) is 0 Å². The first-order valence-electron chi connectivity index (χ1n) is 5.85. The van der Waals surface area contributed by atoms with Crippen LogP contribution in [-0.2, 0) is 4.74 Å². The summed E-state index contributed by atoms with van der Waals surface area (Å²) >= 11 is 6.24. The van der Waals surface area contributed by atoms with E-state index in [9.17, 15) is 0 Å². The van der Waals surface area contributed by atoms with Gasteiger partial charge in [-0.3, -0.25) is 0 Å². The van der Waals surface area contributed by atoms with E-state index in [0.717, 1.165) is 23.6 Å². The Morgan fingerprint density at radius 3 is 3.07 bits per heavy atom. The first-order valence-corrected chi connectivity index (χ1v) is 6.23.